The minimum absolute atomic E-state index is 0.0382. The van der Waals surface area contributed by atoms with Crippen LogP contribution in [-0.2, 0) is 14.3 Å². The van der Waals surface area contributed by atoms with Gasteiger partial charge in [0.15, 0.2) is 0 Å². The number of anilines is 1. The predicted octanol–water partition coefficient (Wildman–Crippen LogP) is 3.22. The molecule has 1 saturated heterocycles. The summed E-state index contributed by atoms with van der Waals surface area (Å²) in [6, 6.07) is 9.36. The van der Waals surface area contributed by atoms with Crippen LogP contribution >= 0.6 is 0 Å². The molecule has 2 saturated carbocycles. The molecule has 0 spiro atoms. The third-order valence-corrected chi connectivity index (χ3v) is 7.55. The first kappa shape index (κ1) is 17.9. The number of ether oxygens (including phenoxy) is 1. The first-order valence-corrected chi connectivity index (χ1v) is 10.5. The molecule has 0 N–H and O–H groups in total. The maximum atomic E-state index is 13.8. The summed E-state index contributed by atoms with van der Waals surface area (Å²) in [6.45, 7) is 2.53. The Hall–Kier alpha value is -2.14. The van der Waals surface area contributed by atoms with Crippen molar-refractivity contribution < 1.29 is 14.3 Å². The van der Waals surface area contributed by atoms with Gasteiger partial charge in [-0.3, -0.25) is 9.59 Å². The number of hydrogen-bond donors (Lipinski definition) is 0. The van der Waals surface area contributed by atoms with E-state index in [2.05, 4.69) is 11.0 Å². The summed E-state index contributed by atoms with van der Waals surface area (Å²) in [5, 5.41) is 0. The smallest absolute Gasteiger partial charge is 0.241 e. The number of para-hydroxylation sites is 1. The zero-order valence-corrected chi connectivity index (χ0v) is 16.9. The topological polar surface area (TPSA) is 49.9 Å². The molecular formula is C23H28N2O3. The Morgan fingerprint density at radius 1 is 1.11 bits per heavy atom. The number of rotatable bonds is 4. The van der Waals surface area contributed by atoms with E-state index in [4.69, 9.17) is 4.74 Å². The lowest BCUT2D eigenvalue weighted by molar-refractivity contribution is -0.135. The van der Waals surface area contributed by atoms with E-state index in [1.165, 1.54) is 4.90 Å². The molecule has 5 nitrogen and oxygen atoms in total. The summed E-state index contributed by atoms with van der Waals surface area (Å²) in [4.78, 5) is 31.0. The van der Waals surface area contributed by atoms with Gasteiger partial charge in [-0.25, -0.2) is 4.90 Å². The summed E-state index contributed by atoms with van der Waals surface area (Å²) in [5.41, 5.74) is 0.833. The van der Waals surface area contributed by atoms with Crippen LogP contribution in [0.5, 0.6) is 0 Å². The fourth-order valence-corrected chi connectivity index (χ4v) is 6.85. The minimum Gasteiger partial charge on any atom is -0.379 e. The summed E-state index contributed by atoms with van der Waals surface area (Å²) in [5.74, 6) is -0.641. The highest BCUT2D eigenvalue weighted by molar-refractivity contribution is 6.23. The lowest BCUT2D eigenvalue weighted by Crippen LogP contribution is -2.51. The standard InChI is InChI=1S/C23H28N2O3/c1-4-28-23-16-12-8-9-13-22(16,14-17(23)24(2)3)18-19(23)21(27)25(20(18)26)15-10-6-5-7-11-15/h5-7,10-11,14,16,18-19H,4,8-9,12-13H2,1-3H3/t16-,18+,19-,22+,23+/m0/s1. The Morgan fingerprint density at radius 2 is 1.82 bits per heavy atom. The summed E-state index contributed by atoms with van der Waals surface area (Å²) >= 11 is 0. The van der Waals surface area contributed by atoms with Crippen molar-refractivity contribution >= 4 is 17.5 Å². The second kappa shape index (κ2) is 5.93. The number of carbonyl (C=O) groups is 2. The zero-order chi connectivity index (χ0) is 19.7. The summed E-state index contributed by atoms with van der Waals surface area (Å²) in [6.07, 6.45) is 6.54. The molecule has 0 radical (unpaired) electrons. The van der Waals surface area contributed by atoms with Gasteiger partial charge in [0, 0.05) is 37.7 Å². The number of carbonyl (C=O) groups excluding carboxylic acids is 2. The fourth-order valence-electron chi connectivity index (χ4n) is 6.85. The molecule has 28 heavy (non-hydrogen) atoms. The molecule has 5 atom stereocenters. The Balaban J connectivity index is 1.70. The normalized spacial score (nSPS) is 38.5. The van der Waals surface area contributed by atoms with Crippen LogP contribution in [0.1, 0.15) is 32.6 Å². The van der Waals surface area contributed by atoms with E-state index in [0.29, 0.717) is 12.3 Å². The van der Waals surface area contributed by atoms with Gasteiger partial charge >= 0.3 is 0 Å². The van der Waals surface area contributed by atoms with Crippen molar-refractivity contribution in [3.05, 3.63) is 42.1 Å². The number of hydrogen-bond acceptors (Lipinski definition) is 4. The number of benzene rings is 1. The van der Waals surface area contributed by atoms with Gasteiger partial charge in [0.1, 0.15) is 5.60 Å². The minimum atomic E-state index is -0.681. The van der Waals surface area contributed by atoms with Crippen LogP contribution in [0.2, 0.25) is 0 Å². The molecule has 3 fully saturated rings. The van der Waals surface area contributed by atoms with Gasteiger partial charge in [-0.1, -0.05) is 37.1 Å². The molecule has 1 aliphatic heterocycles. The van der Waals surface area contributed by atoms with Crippen LogP contribution in [0.4, 0.5) is 5.69 Å². The summed E-state index contributed by atoms with van der Waals surface area (Å²) < 4.78 is 6.53. The molecule has 4 aliphatic rings. The molecular weight excluding hydrogens is 352 g/mol. The largest absolute Gasteiger partial charge is 0.379 e. The fraction of sp³-hybridized carbons (Fsp3) is 0.565. The second-order valence-corrected chi connectivity index (χ2v) is 8.86. The van der Waals surface area contributed by atoms with E-state index in [9.17, 15) is 9.59 Å². The van der Waals surface area contributed by atoms with Gasteiger partial charge in [-0.15, -0.1) is 0 Å². The number of amides is 2. The Labute approximate surface area is 166 Å². The molecule has 5 rings (SSSR count). The predicted molar refractivity (Wildman–Crippen MR) is 106 cm³/mol. The van der Waals surface area contributed by atoms with Crippen molar-refractivity contribution in [2.75, 3.05) is 25.6 Å². The monoisotopic (exact) mass is 380 g/mol. The molecule has 5 heteroatoms. The van der Waals surface area contributed by atoms with E-state index < -0.39 is 11.5 Å². The van der Waals surface area contributed by atoms with Gasteiger partial charge in [-0.2, -0.15) is 0 Å². The van der Waals surface area contributed by atoms with Crippen LogP contribution < -0.4 is 4.90 Å². The highest BCUT2D eigenvalue weighted by Crippen LogP contribution is 2.73. The summed E-state index contributed by atoms with van der Waals surface area (Å²) in [7, 11) is 4.06. The van der Waals surface area contributed by atoms with Gasteiger partial charge < -0.3 is 9.64 Å². The van der Waals surface area contributed by atoms with Crippen molar-refractivity contribution in [3.8, 4) is 0 Å². The number of imide groups is 1. The van der Waals surface area contributed by atoms with Gasteiger partial charge in [0.05, 0.1) is 17.5 Å². The first-order valence-electron chi connectivity index (χ1n) is 10.5. The van der Waals surface area contributed by atoms with Gasteiger partial charge in [0.2, 0.25) is 11.8 Å². The highest BCUT2D eigenvalue weighted by atomic mass is 16.5. The lowest BCUT2D eigenvalue weighted by Gasteiger charge is -2.42. The molecule has 1 heterocycles. The Morgan fingerprint density at radius 3 is 2.50 bits per heavy atom. The molecule has 2 amide bonds. The average Bonchev–Trinajstić information content (AvgIpc) is 3.23. The third-order valence-electron chi connectivity index (χ3n) is 7.55. The van der Waals surface area contributed by atoms with E-state index in [1.54, 1.807) is 0 Å². The van der Waals surface area contributed by atoms with Gasteiger partial charge in [-0.05, 0) is 31.9 Å². The lowest BCUT2D eigenvalue weighted by atomic mass is 9.65. The molecule has 0 aromatic heterocycles. The second-order valence-electron chi connectivity index (χ2n) is 8.86. The van der Waals surface area contributed by atoms with E-state index in [-0.39, 0.29) is 29.1 Å². The van der Waals surface area contributed by atoms with E-state index in [0.717, 1.165) is 31.4 Å². The molecule has 0 unspecified atom stereocenters. The zero-order valence-electron chi connectivity index (χ0n) is 16.9. The van der Waals surface area contributed by atoms with Crippen molar-refractivity contribution in [2.45, 2.75) is 38.2 Å². The van der Waals surface area contributed by atoms with E-state index in [1.807, 2.05) is 51.4 Å². The Kier molecular flexibility index (Phi) is 3.80. The number of allylic oxidation sites excluding steroid dienone is 1. The van der Waals surface area contributed by atoms with Crippen LogP contribution in [0, 0.1) is 23.2 Å². The SMILES string of the molecule is CCO[C@@]12C(N(C)C)=C[C@@]3(CCCC[C@@H]31)[C@H]1C(=O)N(c3ccccc3)C(=O)[C@H]12. The molecule has 3 aliphatic carbocycles. The van der Waals surface area contributed by atoms with Crippen molar-refractivity contribution in [1.29, 1.82) is 0 Å². The van der Waals surface area contributed by atoms with Crippen molar-refractivity contribution in [3.63, 3.8) is 0 Å². The molecule has 1 aromatic carbocycles. The Bertz CT molecular complexity index is 864. The van der Waals surface area contributed by atoms with Gasteiger partial charge in [0.25, 0.3) is 0 Å². The highest BCUT2D eigenvalue weighted by Gasteiger charge is 2.80. The quantitative estimate of drug-likeness (QED) is 0.753. The first-order chi connectivity index (χ1) is 13.5. The van der Waals surface area contributed by atoms with Crippen LogP contribution in [0.3, 0.4) is 0 Å². The molecule has 1 aromatic rings. The molecule has 148 valence electrons. The molecule has 2 bridgehead atoms. The van der Waals surface area contributed by atoms with Crippen LogP contribution in [-0.4, -0.2) is 43.0 Å². The number of likely N-dealkylation sites (N-methyl/N-ethyl adjacent to an activating group) is 1. The maximum Gasteiger partial charge on any atom is 0.241 e. The van der Waals surface area contributed by atoms with Crippen LogP contribution in [0.25, 0.3) is 0 Å². The van der Waals surface area contributed by atoms with E-state index >= 15 is 0 Å². The number of nitrogens with zero attached hydrogens (tertiary/aromatic N) is 2. The van der Waals surface area contributed by atoms with Crippen LogP contribution in [0.15, 0.2) is 42.1 Å². The number of fused-ring (bicyclic) bond motifs is 2. The average molecular weight is 380 g/mol. The van der Waals surface area contributed by atoms with Crippen molar-refractivity contribution in [1.82, 2.24) is 4.90 Å². The third kappa shape index (κ3) is 1.91. The maximum absolute atomic E-state index is 13.8. The van der Waals surface area contributed by atoms with Crippen molar-refractivity contribution in [2.24, 2.45) is 23.2 Å².